The summed E-state index contributed by atoms with van der Waals surface area (Å²) in [5, 5.41) is 2.65. The van der Waals surface area contributed by atoms with Crippen LogP contribution in [0.4, 0.5) is 0 Å². The molecule has 0 radical (unpaired) electrons. The molecule has 7 nitrogen and oxygen atoms in total. The normalized spacial score (nSPS) is 14.6. The summed E-state index contributed by atoms with van der Waals surface area (Å²) >= 11 is 0. The first-order valence-electron chi connectivity index (χ1n) is 8.92. The summed E-state index contributed by atoms with van der Waals surface area (Å²) in [7, 11) is 0. The average Bonchev–Trinajstić information content (AvgIpc) is 3.09. The van der Waals surface area contributed by atoms with Gasteiger partial charge in [-0.05, 0) is 6.92 Å². The van der Waals surface area contributed by atoms with Crippen molar-refractivity contribution in [1.29, 1.82) is 0 Å². The third kappa shape index (κ3) is 4.54. The number of benzene rings is 1. The van der Waals surface area contributed by atoms with Crippen molar-refractivity contribution >= 4 is 11.8 Å². The largest absolute Gasteiger partial charge is 0.344 e. The maximum Gasteiger partial charge on any atom is 0.274 e. The van der Waals surface area contributed by atoms with Gasteiger partial charge in [0, 0.05) is 37.4 Å². The highest BCUT2D eigenvalue weighted by Crippen LogP contribution is 2.19. The van der Waals surface area contributed by atoms with Gasteiger partial charge in [0.1, 0.15) is 11.5 Å². The lowest BCUT2D eigenvalue weighted by molar-refractivity contribution is -0.122. The van der Waals surface area contributed by atoms with Gasteiger partial charge in [-0.2, -0.15) is 0 Å². The monoisotopic (exact) mass is 365 g/mol. The number of hydrogen-bond acceptors (Lipinski definition) is 4. The molecule has 27 heavy (non-hydrogen) atoms. The van der Waals surface area contributed by atoms with Crippen LogP contribution in [0, 0.1) is 19.3 Å². The van der Waals surface area contributed by atoms with Gasteiger partial charge in [0.2, 0.25) is 5.91 Å². The molecule has 1 saturated heterocycles. The Morgan fingerprint density at radius 3 is 2.59 bits per heavy atom. The summed E-state index contributed by atoms with van der Waals surface area (Å²) in [5.41, 5.74) is 2.16. The quantitative estimate of drug-likeness (QED) is 0.771. The highest BCUT2D eigenvalue weighted by molar-refractivity contribution is 5.94. The number of terminal acetylenes is 1. The fraction of sp³-hybridized carbons (Fsp3) is 0.350. The molecule has 3 rings (SSSR count). The standard InChI is InChI=1S/C20H23N5O2/c1-3-9-21-17(26)14-24-10-12-25(13-11-24)20(27)18-15(2)22-19(23-18)16-7-5-4-6-8-16/h1,4-8H,9-14H2,2H3,(H,21,26)(H,22,23). The Kier molecular flexibility index (Phi) is 5.89. The van der Waals surface area contributed by atoms with Gasteiger partial charge in [0.25, 0.3) is 5.91 Å². The van der Waals surface area contributed by atoms with Gasteiger partial charge in [-0.15, -0.1) is 6.42 Å². The minimum absolute atomic E-state index is 0.0811. The van der Waals surface area contributed by atoms with E-state index in [2.05, 4.69) is 21.2 Å². The molecule has 0 aliphatic carbocycles. The van der Waals surface area contributed by atoms with Crippen LogP contribution in [0.5, 0.6) is 0 Å². The van der Waals surface area contributed by atoms with Gasteiger partial charge in [0.15, 0.2) is 0 Å². The van der Waals surface area contributed by atoms with Crippen LogP contribution < -0.4 is 5.32 Å². The topological polar surface area (TPSA) is 81.3 Å². The first-order chi connectivity index (χ1) is 13.1. The van der Waals surface area contributed by atoms with E-state index in [-0.39, 0.29) is 18.4 Å². The summed E-state index contributed by atoms with van der Waals surface area (Å²) in [6.45, 7) is 4.80. The van der Waals surface area contributed by atoms with Crippen molar-refractivity contribution in [1.82, 2.24) is 25.1 Å². The molecule has 1 aliphatic rings. The average molecular weight is 365 g/mol. The Morgan fingerprint density at radius 2 is 1.93 bits per heavy atom. The number of piperazine rings is 1. The number of carbonyl (C=O) groups excluding carboxylic acids is 2. The van der Waals surface area contributed by atoms with E-state index in [1.54, 1.807) is 4.90 Å². The van der Waals surface area contributed by atoms with E-state index in [4.69, 9.17) is 6.42 Å². The lowest BCUT2D eigenvalue weighted by atomic mass is 10.2. The molecule has 1 aromatic carbocycles. The van der Waals surface area contributed by atoms with Gasteiger partial charge >= 0.3 is 0 Å². The second kappa shape index (κ2) is 8.52. The number of rotatable bonds is 5. The van der Waals surface area contributed by atoms with E-state index >= 15 is 0 Å². The molecule has 2 amide bonds. The van der Waals surface area contributed by atoms with E-state index in [0.717, 1.165) is 11.3 Å². The van der Waals surface area contributed by atoms with E-state index < -0.39 is 0 Å². The van der Waals surface area contributed by atoms with Crippen molar-refractivity contribution in [3.05, 3.63) is 41.7 Å². The maximum absolute atomic E-state index is 12.9. The van der Waals surface area contributed by atoms with Crippen LogP contribution in [-0.2, 0) is 4.79 Å². The van der Waals surface area contributed by atoms with Crippen LogP contribution >= 0.6 is 0 Å². The van der Waals surface area contributed by atoms with E-state index in [9.17, 15) is 9.59 Å². The molecule has 2 heterocycles. The Balaban J connectivity index is 1.59. The molecule has 2 aromatic rings. The molecular weight excluding hydrogens is 342 g/mol. The van der Waals surface area contributed by atoms with Crippen LogP contribution in [0.2, 0.25) is 0 Å². The lowest BCUT2D eigenvalue weighted by Crippen LogP contribution is -2.51. The van der Waals surface area contributed by atoms with Crippen molar-refractivity contribution < 1.29 is 9.59 Å². The number of aromatic nitrogens is 2. The summed E-state index contributed by atoms with van der Waals surface area (Å²) in [5.74, 6) is 2.90. The molecule has 7 heteroatoms. The van der Waals surface area contributed by atoms with Crippen LogP contribution in [0.1, 0.15) is 16.2 Å². The van der Waals surface area contributed by atoms with Crippen molar-refractivity contribution in [2.75, 3.05) is 39.3 Å². The van der Waals surface area contributed by atoms with Crippen molar-refractivity contribution in [2.24, 2.45) is 0 Å². The summed E-state index contributed by atoms with van der Waals surface area (Å²) in [6.07, 6.45) is 5.14. The number of aryl methyl sites for hydroxylation is 1. The van der Waals surface area contributed by atoms with E-state index in [1.807, 2.05) is 42.2 Å². The number of nitrogens with one attached hydrogen (secondary N) is 2. The Labute approximate surface area is 158 Å². The number of H-pyrrole nitrogens is 1. The van der Waals surface area contributed by atoms with Gasteiger partial charge in [0.05, 0.1) is 13.1 Å². The first kappa shape index (κ1) is 18.7. The molecule has 2 N–H and O–H groups in total. The predicted molar refractivity (Wildman–Crippen MR) is 103 cm³/mol. The Morgan fingerprint density at radius 1 is 1.22 bits per heavy atom. The highest BCUT2D eigenvalue weighted by atomic mass is 16.2. The van der Waals surface area contributed by atoms with Crippen LogP contribution in [0.3, 0.4) is 0 Å². The zero-order chi connectivity index (χ0) is 19.2. The second-order valence-electron chi connectivity index (χ2n) is 6.47. The van der Waals surface area contributed by atoms with Gasteiger partial charge in [-0.1, -0.05) is 36.3 Å². The molecule has 0 saturated carbocycles. The first-order valence-corrected chi connectivity index (χ1v) is 8.92. The maximum atomic E-state index is 12.9. The molecule has 140 valence electrons. The Bertz CT molecular complexity index is 845. The van der Waals surface area contributed by atoms with Crippen LogP contribution in [-0.4, -0.2) is 70.9 Å². The zero-order valence-electron chi connectivity index (χ0n) is 15.4. The number of nitrogens with zero attached hydrogens (tertiary/aromatic N) is 3. The summed E-state index contributed by atoms with van der Waals surface area (Å²) in [6, 6.07) is 9.73. The van der Waals surface area contributed by atoms with E-state index in [1.165, 1.54) is 0 Å². The molecule has 0 unspecified atom stereocenters. The number of carbonyl (C=O) groups is 2. The minimum Gasteiger partial charge on any atom is -0.344 e. The molecule has 0 atom stereocenters. The third-order valence-electron chi connectivity index (χ3n) is 4.55. The molecular formula is C20H23N5O2. The predicted octanol–water partition coefficient (Wildman–Crippen LogP) is 0.892. The Hall–Kier alpha value is -3.11. The fourth-order valence-corrected chi connectivity index (χ4v) is 3.07. The second-order valence-corrected chi connectivity index (χ2v) is 6.47. The highest BCUT2D eigenvalue weighted by Gasteiger charge is 2.26. The number of hydrogen-bond donors (Lipinski definition) is 2. The third-order valence-corrected chi connectivity index (χ3v) is 4.55. The number of aromatic amines is 1. The molecule has 0 bridgehead atoms. The van der Waals surface area contributed by atoms with E-state index in [0.29, 0.717) is 44.2 Å². The van der Waals surface area contributed by atoms with Crippen molar-refractivity contribution in [2.45, 2.75) is 6.92 Å². The van der Waals surface area contributed by atoms with Crippen LogP contribution in [0.25, 0.3) is 11.4 Å². The number of amides is 2. The van der Waals surface area contributed by atoms with Gasteiger partial charge in [-0.3, -0.25) is 14.5 Å². The lowest BCUT2D eigenvalue weighted by Gasteiger charge is -2.34. The summed E-state index contributed by atoms with van der Waals surface area (Å²) in [4.78, 5) is 36.1. The van der Waals surface area contributed by atoms with Gasteiger partial charge in [-0.25, -0.2) is 4.98 Å². The van der Waals surface area contributed by atoms with Crippen LogP contribution in [0.15, 0.2) is 30.3 Å². The molecule has 1 aromatic heterocycles. The fourth-order valence-electron chi connectivity index (χ4n) is 3.07. The summed E-state index contributed by atoms with van der Waals surface area (Å²) < 4.78 is 0. The molecule has 1 aliphatic heterocycles. The zero-order valence-corrected chi connectivity index (χ0v) is 15.4. The smallest absolute Gasteiger partial charge is 0.274 e. The molecule has 0 spiro atoms. The number of imidazole rings is 1. The van der Waals surface area contributed by atoms with Crippen molar-refractivity contribution in [3.63, 3.8) is 0 Å². The molecule has 1 fully saturated rings. The minimum atomic E-state index is -0.0941. The van der Waals surface area contributed by atoms with Crippen molar-refractivity contribution in [3.8, 4) is 23.7 Å². The van der Waals surface area contributed by atoms with Gasteiger partial charge < -0.3 is 15.2 Å². The SMILES string of the molecule is C#CCNC(=O)CN1CCN(C(=O)c2nc(-c3ccccc3)[nH]c2C)CC1.